The van der Waals surface area contributed by atoms with Gasteiger partial charge in [-0.2, -0.15) is 0 Å². The highest BCUT2D eigenvalue weighted by atomic mass is 13.4. The molecule has 0 heterocycles. The van der Waals surface area contributed by atoms with Crippen LogP contribution in [0.4, 0.5) is 0 Å². The van der Waals surface area contributed by atoms with Crippen LogP contribution < -0.4 is 0 Å². The molecule has 0 spiro atoms. The second kappa shape index (κ2) is 2230. The Bertz CT molecular complexity index is 11.2. The summed E-state index contributed by atoms with van der Waals surface area (Å²) in [5.74, 6) is 0. The number of terminal acetylenes is 1. The molecule has 0 bridgehead atoms. The van der Waals surface area contributed by atoms with Crippen molar-refractivity contribution in [2.45, 2.75) is 61.8 Å². The molecule has 0 aliphatic carbocycles. The van der Waals surface area contributed by atoms with Gasteiger partial charge in [-0.25, -0.2) is 0 Å². The van der Waals surface area contributed by atoms with Crippen LogP contribution in [-0.2, 0) is 0 Å². The van der Waals surface area contributed by atoms with Gasteiger partial charge in [0.2, 0.25) is 0 Å². The maximum absolute atomic E-state index is 4.00. The van der Waals surface area contributed by atoms with Crippen LogP contribution in [0.2, 0.25) is 0 Å². The Labute approximate surface area is 75.4 Å². The van der Waals surface area contributed by atoms with Gasteiger partial charge in [0.1, 0.15) is 0 Å². The maximum Gasteiger partial charge on any atom is -0.0590 e. The third kappa shape index (κ3) is 2820. The lowest BCUT2D eigenvalue weighted by molar-refractivity contribution is 1.09. The molecule has 0 aliphatic rings. The van der Waals surface area contributed by atoms with Crippen LogP contribution in [0.25, 0.3) is 0 Å². The Balaban J connectivity index is -0.0000000139. The average molecular weight is 160 g/mol. The lowest BCUT2D eigenvalue weighted by atomic mass is 10.6. The van der Waals surface area contributed by atoms with Crippen molar-refractivity contribution in [2.24, 2.45) is 0 Å². The van der Waals surface area contributed by atoms with Gasteiger partial charge in [-0.15, -0.1) is 12.8 Å². The Morgan fingerprint density at radius 3 is 0.636 bits per heavy atom. The van der Waals surface area contributed by atoms with Crippen LogP contribution in [0.5, 0.6) is 0 Å². The predicted octanol–water partition coefficient (Wildman–Crippen LogP) is 4.74. The van der Waals surface area contributed by atoms with Gasteiger partial charge in [0, 0.05) is 0 Å². The molecular weight excluding hydrogens is 132 g/mol. The minimum atomic E-state index is 1.25. The number of rotatable bonds is 0. The van der Waals surface area contributed by atoms with E-state index in [0.717, 1.165) is 0 Å². The van der Waals surface area contributed by atoms with Crippen molar-refractivity contribution in [3.8, 4) is 12.8 Å². The first-order valence-corrected chi connectivity index (χ1v) is 4.75. The van der Waals surface area contributed by atoms with Gasteiger partial charge >= 0.3 is 0 Å². The zero-order valence-corrected chi connectivity index (χ0v) is 9.86. The molecule has 0 aromatic carbocycles. The lowest BCUT2D eigenvalue weighted by Crippen LogP contribution is -1.27. The Morgan fingerprint density at radius 1 is 0.636 bits per heavy atom. The summed E-state index contributed by atoms with van der Waals surface area (Å²) in [6.07, 6.45) is 9.25. The molecule has 72 valence electrons. The van der Waals surface area contributed by atoms with E-state index in [-0.39, 0.29) is 0 Å². The molecule has 0 heteroatoms. The van der Waals surface area contributed by atoms with Gasteiger partial charge in [-0.3, -0.25) is 0 Å². The van der Waals surface area contributed by atoms with Crippen molar-refractivity contribution in [2.75, 3.05) is 0 Å². The fourth-order valence-electron chi connectivity index (χ4n) is 0. The SMILES string of the molecule is C#C.CC.CC.CC.CCC. The molecule has 0 atom stereocenters. The molecule has 0 unspecified atom stereocenters. The molecule has 0 amide bonds. The molecular formula is C11H28. The highest BCUT2D eigenvalue weighted by molar-refractivity contribution is 4.47. The van der Waals surface area contributed by atoms with E-state index in [4.69, 9.17) is 0 Å². The van der Waals surface area contributed by atoms with Crippen LogP contribution in [-0.4, -0.2) is 0 Å². The van der Waals surface area contributed by atoms with Gasteiger partial charge in [-0.05, 0) is 0 Å². The van der Waals surface area contributed by atoms with E-state index in [9.17, 15) is 0 Å². The smallest absolute Gasteiger partial charge is 0.0590 e. The van der Waals surface area contributed by atoms with E-state index >= 15 is 0 Å². The fourth-order valence-corrected chi connectivity index (χ4v) is 0. The molecule has 0 fully saturated rings. The van der Waals surface area contributed by atoms with E-state index in [1.54, 1.807) is 0 Å². The largest absolute Gasteiger partial charge is 0.124 e. The van der Waals surface area contributed by atoms with Crippen molar-refractivity contribution in [1.29, 1.82) is 0 Å². The van der Waals surface area contributed by atoms with Crippen LogP contribution in [0.15, 0.2) is 0 Å². The second-order valence-electron chi connectivity index (χ2n) is 0.707. The topological polar surface area (TPSA) is 0 Å². The average Bonchev–Trinajstić information content (AvgIpc) is 2.18. The molecule has 0 saturated carbocycles. The third-order valence-corrected chi connectivity index (χ3v) is 0. The van der Waals surface area contributed by atoms with E-state index in [2.05, 4.69) is 26.7 Å². The van der Waals surface area contributed by atoms with E-state index in [0.29, 0.717) is 0 Å². The maximum atomic E-state index is 4.00. The van der Waals surface area contributed by atoms with E-state index in [1.807, 2.05) is 41.5 Å². The highest BCUT2D eigenvalue weighted by Gasteiger charge is 1.35. The molecule has 0 nitrogen and oxygen atoms in total. The van der Waals surface area contributed by atoms with Gasteiger partial charge in [-0.1, -0.05) is 61.8 Å². The Kier molecular flexibility index (Phi) is 6340. The molecule has 0 aromatic rings. The molecule has 0 N–H and O–H groups in total. The minimum Gasteiger partial charge on any atom is -0.124 e. The summed E-state index contributed by atoms with van der Waals surface area (Å²) in [5.41, 5.74) is 0. The van der Waals surface area contributed by atoms with Crippen molar-refractivity contribution >= 4 is 0 Å². The van der Waals surface area contributed by atoms with Gasteiger partial charge in [0.25, 0.3) is 0 Å². The standard InChI is InChI=1S/C3H8.3C2H6.C2H2/c1-3-2;4*1-2/h3H2,1-2H3;3*1-2H3;1-2H. The quantitative estimate of drug-likeness (QED) is 0.449. The molecule has 0 rings (SSSR count). The first kappa shape index (κ1) is 31.2. The summed E-state index contributed by atoms with van der Waals surface area (Å²) in [5, 5.41) is 0. The van der Waals surface area contributed by atoms with Crippen LogP contribution in [0.1, 0.15) is 61.8 Å². The Morgan fingerprint density at radius 2 is 0.636 bits per heavy atom. The second-order valence-corrected chi connectivity index (χ2v) is 0.707. The number of hydrogen-bond donors (Lipinski definition) is 0. The summed E-state index contributed by atoms with van der Waals surface area (Å²) < 4.78 is 0. The monoisotopic (exact) mass is 160 g/mol. The summed E-state index contributed by atoms with van der Waals surface area (Å²) in [4.78, 5) is 0. The lowest BCUT2D eigenvalue weighted by Gasteiger charge is -1.48. The zero-order chi connectivity index (χ0) is 10.7. The first-order chi connectivity index (χ1) is 5.41. The summed E-state index contributed by atoms with van der Waals surface area (Å²) >= 11 is 0. The molecule has 11 heavy (non-hydrogen) atoms. The normalized spacial score (nSPS) is 3.45. The summed E-state index contributed by atoms with van der Waals surface area (Å²) in [7, 11) is 0. The molecule has 0 saturated heterocycles. The molecule has 0 radical (unpaired) electrons. The van der Waals surface area contributed by atoms with Crippen LogP contribution in [0, 0.1) is 12.8 Å². The van der Waals surface area contributed by atoms with Gasteiger partial charge in [0.15, 0.2) is 0 Å². The molecule has 0 aromatic heterocycles. The summed E-state index contributed by atoms with van der Waals surface area (Å²) in [6.45, 7) is 16.2. The third-order valence-electron chi connectivity index (χ3n) is 0. The predicted molar refractivity (Wildman–Crippen MR) is 59.9 cm³/mol. The van der Waals surface area contributed by atoms with E-state index < -0.39 is 0 Å². The van der Waals surface area contributed by atoms with Crippen LogP contribution in [0.3, 0.4) is 0 Å². The number of hydrogen-bond acceptors (Lipinski definition) is 0. The summed E-state index contributed by atoms with van der Waals surface area (Å²) in [6, 6.07) is 0. The Hall–Kier alpha value is -0.440. The van der Waals surface area contributed by atoms with Gasteiger partial charge in [0.05, 0.1) is 0 Å². The van der Waals surface area contributed by atoms with Crippen molar-refractivity contribution in [3.05, 3.63) is 0 Å². The zero-order valence-electron chi connectivity index (χ0n) is 9.86. The van der Waals surface area contributed by atoms with Crippen molar-refractivity contribution < 1.29 is 0 Å². The van der Waals surface area contributed by atoms with Crippen LogP contribution >= 0.6 is 0 Å². The fraction of sp³-hybridized carbons (Fsp3) is 0.818. The van der Waals surface area contributed by atoms with E-state index in [1.165, 1.54) is 6.42 Å². The minimum absolute atomic E-state index is 1.25. The van der Waals surface area contributed by atoms with Crippen molar-refractivity contribution in [1.82, 2.24) is 0 Å². The highest BCUT2D eigenvalue weighted by Crippen LogP contribution is 1.56. The molecule has 0 aliphatic heterocycles. The van der Waals surface area contributed by atoms with Gasteiger partial charge < -0.3 is 0 Å². The first-order valence-electron chi connectivity index (χ1n) is 4.75. The van der Waals surface area contributed by atoms with Crippen molar-refractivity contribution in [3.63, 3.8) is 0 Å².